The summed E-state index contributed by atoms with van der Waals surface area (Å²) in [5.41, 5.74) is 6.14. The Hall–Kier alpha value is -2.12. The first-order valence-electron chi connectivity index (χ1n) is 7.86. The van der Waals surface area contributed by atoms with Crippen LogP contribution in [-0.4, -0.2) is 48.9 Å². The molecule has 1 atom stereocenters. The molecule has 2 fully saturated rings. The lowest BCUT2D eigenvalue weighted by Gasteiger charge is -2.38. The van der Waals surface area contributed by atoms with Crippen molar-refractivity contribution in [2.24, 2.45) is 5.73 Å². The Morgan fingerprint density at radius 1 is 1.22 bits per heavy atom. The van der Waals surface area contributed by atoms with Crippen LogP contribution in [0.3, 0.4) is 0 Å². The molecule has 0 spiro atoms. The standard InChI is InChI=1S/C16H21N3O4/c17-16(21)18-12-5-3-4-11(10-12)14(20)19-7-2-1-6-13(19)15-22-8-9-23-15/h3-5,10,13,15H,1-2,6-9H2,(H3,17,18,21)/t13-/m0/s1. The average molecular weight is 319 g/mol. The monoisotopic (exact) mass is 319 g/mol. The Labute approximate surface area is 134 Å². The van der Waals surface area contributed by atoms with Crippen LogP contribution in [0, 0.1) is 0 Å². The highest BCUT2D eigenvalue weighted by atomic mass is 16.7. The molecule has 2 heterocycles. The van der Waals surface area contributed by atoms with Gasteiger partial charge in [-0.2, -0.15) is 0 Å². The van der Waals surface area contributed by atoms with Gasteiger partial charge in [-0.05, 0) is 37.5 Å². The zero-order chi connectivity index (χ0) is 16.2. The maximum absolute atomic E-state index is 12.9. The van der Waals surface area contributed by atoms with Crippen molar-refractivity contribution in [3.63, 3.8) is 0 Å². The first kappa shape index (κ1) is 15.8. The van der Waals surface area contributed by atoms with Crippen LogP contribution in [0.15, 0.2) is 24.3 Å². The van der Waals surface area contributed by atoms with Crippen LogP contribution < -0.4 is 11.1 Å². The molecule has 7 nitrogen and oxygen atoms in total. The molecular weight excluding hydrogens is 298 g/mol. The topological polar surface area (TPSA) is 93.9 Å². The molecule has 124 valence electrons. The number of likely N-dealkylation sites (tertiary alicyclic amines) is 1. The van der Waals surface area contributed by atoms with Crippen molar-refractivity contribution in [3.05, 3.63) is 29.8 Å². The summed E-state index contributed by atoms with van der Waals surface area (Å²) in [6.45, 7) is 1.82. The van der Waals surface area contributed by atoms with E-state index in [0.29, 0.717) is 31.0 Å². The minimum absolute atomic E-state index is 0.0634. The predicted octanol–water partition coefficient (Wildman–Crippen LogP) is 1.54. The molecular formula is C16H21N3O4. The van der Waals surface area contributed by atoms with Gasteiger partial charge in [-0.3, -0.25) is 4.79 Å². The Bertz CT molecular complexity index is 586. The lowest BCUT2D eigenvalue weighted by atomic mass is 10.00. The van der Waals surface area contributed by atoms with E-state index in [1.807, 2.05) is 4.90 Å². The van der Waals surface area contributed by atoms with Crippen molar-refractivity contribution in [2.75, 3.05) is 25.1 Å². The summed E-state index contributed by atoms with van der Waals surface area (Å²) >= 11 is 0. The normalized spacial score (nSPS) is 22.1. The van der Waals surface area contributed by atoms with Gasteiger partial charge in [0.25, 0.3) is 5.91 Å². The van der Waals surface area contributed by atoms with E-state index in [1.54, 1.807) is 24.3 Å². The quantitative estimate of drug-likeness (QED) is 0.883. The van der Waals surface area contributed by atoms with E-state index in [9.17, 15) is 9.59 Å². The third-order valence-corrected chi connectivity index (χ3v) is 4.15. The number of piperidine rings is 1. The Morgan fingerprint density at radius 2 is 2.00 bits per heavy atom. The second-order valence-corrected chi connectivity index (χ2v) is 5.74. The van der Waals surface area contributed by atoms with Gasteiger partial charge in [0.1, 0.15) is 0 Å². The molecule has 1 aromatic carbocycles. The van der Waals surface area contributed by atoms with E-state index in [4.69, 9.17) is 15.2 Å². The van der Waals surface area contributed by atoms with E-state index >= 15 is 0 Å². The number of carbonyl (C=O) groups excluding carboxylic acids is 2. The highest BCUT2D eigenvalue weighted by molar-refractivity contribution is 5.97. The van der Waals surface area contributed by atoms with Crippen molar-refractivity contribution in [2.45, 2.75) is 31.6 Å². The number of carbonyl (C=O) groups is 2. The first-order chi connectivity index (χ1) is 11.1. The van der Waals surface area contributed by atoms with Gasteiger partial charge < -0.3 is 25.4 Å². The highest BCUT2D eigenvalue weighted by Gasteiger charge is 2.36. The molecule has 0 radical (unpaired) electrons. The SMILES string of the molecule is NC(=O)Nc1cccc(C(=O)N2CCCC[C@H]2C2OCCO2)c1. The maximum Gasteiger partial charge on any atom is 0.316 e. The van der Waals surface area contributed by atoms with Crippen molar-refractivity contribution in [3.8, 4) is 0 Å². The fraction of sp³-hybridized carbons (Fsp3) is 0.500. The van der Waals surface area contributed by atoms with E-state index < -0.39 is 6.03 Å². The Balaban J connectivity index is 1.78. The molecule has 2 saturated heterocycles. The minimum atomic E-state index is -0.654. The van der Waals surface area contributed by atoms with Crippen molar-refractivity contribution < 1.29 is 19.1 Å². The molecule has 0 aliphatic carbocycles. The number of nitrogens with one attached hydrogen (secondary N) is 1. The predicted molar refractivity (Wildman–Crippen MR) is 84.0 cm³/mol. The number of benzene rings is 1. The number of urea groups is 1. The minimum Gasteiger partial charge on any atom is -0.351 e. The molecule has 3 rings (SSSR count). The summed E-state index contributed by atoms with van der Waals surface area (Å²) in [4.78, 5) is 25.7. The number of rotatable bonds is 3. The zero-order valence-corrected chi connectivity index (χ0v) is 12.9. The molecule has 7 heteroatoms. The van der Waals surface area contributed by atoms with Gasteiger partial charge in [-0.25, -0.2) is 4.79 Å². The summed E-state index contributed by atoms with van der Waals surface area (Å²) in [6.07, 6.45) is 2.55. The van der Waals surface area contributed by atoms with Crippen LogP contribution in [-0.2, 0) is 9.47 Å². The van der Waals surface area contributed by atoms with Gasteiger partial charge in [-0.15, -0.1) is 0 Å². The summed E-state index contributed by atoms with van der Waals surface area (Å²) in [6, 6.07) is 6.06. The summed E-state index contributed by atoms with van der Waals surface area (Å²) in [5, 5.41) is 2.49. The lowest BCUT2D eigenvalue weighted by Crippen LogP contribution is -2.50. The Morgan fingerprint density at radius 3 is 2.74 bits per heavy atom. The highest BCUT2D eigenvalue weighted by Crippen LogP contribution is 2.26. The zero-order valence-electron chi connectivity index (χ0n) is 12.9. The number of hydrogen-bond donors (Lipinski definition) is 2. The first-order valence-corrected chi connectivity index (χ1v) is 7.86. The molecule has 2 aliphatic rings. The van der Waals surface area contributed by atoms with Crippen molar-refractivity contribution >= 4 is 17.6 Å². The summed E-state index contributed by atoms with van der Waals surface area (Å²) in [5.74, 6) is -0.0816. The fourth-order valence-electron chi connectivity index (χ4n) is 3.13. The Kier molecular flexibility index (Phi) is 4.78. The van der Waals surface area contributed by atoms with Crippen LogP contribution in [0.2, 0.25) is 0 Å². The molecule has 3 N–H and O–H groups in total. The van der Waals surface area contributed by atoms with Gasteiger partial charge >= 0.3 is 6.03 Å². The number of amides is 3. The van der Waals surface area contributed by atoms with Gasteiger partial charge in [0, 0.05) is 17.8 Å². The number of primary amides is 1. The molecule has 0 saturated carbocycles. The maximum atomic E-state index is 12.9. The molecule has 0 bridgehead atoms. The molecule has 23 heavy (non-hydrogen) atoms. The smallest absolute Gasteiger partial charge is 0.316 e. The number of anilines is 1. The van der Waals surface area contributed by atoms with Gasteiger partial charge in [0.05, 0.1) is 19.3 Å². The van der Waals surface area contributed by atoms with Gasteiger partial charge in [-0.1, -0.05) is 6.07 Å². The van der Waals surface area contributed by atoms with Crippen LogP contribution in [0.4, 0.5) is 10.5 Å². The van der Waals surface area contributed by atoms with E-state index in [1.165, 1.54) is 0 Å². The summed E-state index contributed by atoms with van der Waals surface area (Å²) < 4.78 is 11.2. The molecule has 0 aromatic heterocycles. The fourth-order valence-corrected chi connectivity index (χ4v) is 3.13. The van der Waals surface area contributed by atoms with E-state index in [2.05, 4.69) is 5.32 Å². The number of nitrogens with two attached hydrogens (primary N) is 1. The van der Waals surface area contributed by atoms with Crippen molar-refractivity contribution in [1.29, 1.82) is 0 Å². The van der Waals surface area contributed by atoms with Crippen LogP contribution >= 0.6 is 0 Å². The number of nitrogens with zero attached hydrogens (tertiary/aromatic N) is 1. The van der Waals surface area contributed by atoms with Crippen LogP contribution in [0.1, 0.15) is 29.6 Å². The average Bonchev–Trinajstić information content (AvgIpc) is 3.08. The second-order valence-electron chi connectivity index (χ2n) is 5.74. The van der Waals surface area contributed by atoms with Gasteiger partial charge in [0.15, 0.2) is 6.29 Å². The molecule has 3 amide bonds. The van der Waals surface area contributed by atoms with E-state index in [0.717, 1.165) is 19.3 Å². The molecule has 1 aromatic rings. The summed E-state index contributed by atoms with van der Waals surface area (Å²) in [7, 11) is 0. The number of ether oxygens (including phenoxy) is 2. The second kappa shape index (κ2) is 6.97. The van der Waals surface area contributed by atoms with Crippen LogP contribution in [0.25, 0.3) is 0 Å². The third-order valence-electron chi connectivity index (χ3n) is 4.15. The molecule has 0 unspecified atom stereocenters. The third kappa shape index (κ3) is 3.62. The van der Waals surface area contributed by atoms with Gasteiger partial charge in [0.2, 0.25) is 0 Å². The molecule has 2 aliphatic heterocycles. The van der Waals surface area contributed by atoms with E-state index in [-0.39, 0.29) is 18.2 Å². The van der Waals surface area contributed by atoms with Crippen molar-refractivity contribution in [1.82, 2.24) is 4.90 Å². The lowest BCUT2D eigenvalue weighted by molar-refractivity contribution is -0.100. The largest absolute Gasteiger partial charge is 0.351 e. The number of hydrogen-bond acceptors (Lipinski definition) is 4. The van der Waals surface area contributed by atoms with Crippen LogP contribution in [0.5, 0.6) is 0 Å².